The molecule has 3 atom stereocenters. The zero-order valence-corrected chi connectivity index (χ0v) is 23.2. The molecule has 2 heterocycles. The van der Waals surface area contributed by atoms with E-state index in [2.05, 4.69) is 17.9 Å². The summed E-state index contributed by atoms with van der Waals surface area (Å²) in [5.74, 6) is 0. The Hall–Kier alpha value is -2.04. The van der Waals surface area contributed by atoms with E-state index in [4.69, 9.17) is 0 Å². The molecule has 2 aliphatic rings. The van der Waals surface area contributed by atoms with Gasteiger partial charge in [0.2, 0.25) is 10.0 Å². The number of hydrogen-bond acceptors (Lipinski definition) is 7. The van der Waals surface area contributed by atoms with Crippen molar-refractivity contribution in [3.05, 3.63) is 54.1 Å². The number of halogens is 6. The van der Waals surface area contributed by atoms with Crippen LogP contribution < -0.4 is 10.2 Å². The number of sulfonamides is 1. The predicted octanol–water partition coefficient (Wildman–Crippen LogP) is 3.46. The van der Waals surface area contributed by atoms with E-state index >= 15 is 0 Å². The Balaban J connectivity index is 1.62. The zero-order valence-electron chi connectivity index (χ0n) is 21.5. The Morgan fingerprint density at radius 2 is 1.62 bits per heavy atom. The van der Waals surface area contributed by atoms with Gasteiger partial charge in [0.05, 0.1) is 10.9 Å². The molecule has 0 amide bonds. The SMILES string of the molecule is C[C@@](O)(c1ccc(N2CCN(S(=O)(=O)c3ccccc3S)C[C@@H]2CN2CCN[C@@H](C(F)(F)F)C2)cc1)C(F)(F)F. The van der Waals surface area contributed by atoms with Crippen molar-refractivity contribution in [3.63, 3.8) is 0 Å². The number of hydrogen-bond donors (Lipinski definition) is 3. The van der Waals surface area contributed by atoms with Gasteiger partial charge in [-0.15, -0.1) is 12.6 Å². The van der Waals surface area contributed by atoms with Gasteiger partial charge in [-0.25, -0.2) is 8.42 Å². The molecular weight excluding hydrogens is 582 g/mol. The summed E-state index contributed by atoms with van der Waals surface area (Å²) in [6, 6.07) is 8.90. The third-order valence-corrected chi connectivity index (χ3v) is 9.83. The second-order valence-electron chi connectivity index (χ2n) is 10.1. The van der Waals surface area contributed by atoms with Crippen LogP contribution in [0.4, 0.5) is 32.0 Å². The molecule has 0 aliphatic carbocycles. The van der Waals surface area contributed by atoms with Gasteiger partial charge in [0, 0.05) is 56.4 Å². The van der Waals surface area contributed by atoms with Gasteiger partial charge in [-0.1, -0.05) is 24.3 Å². The highest BCUT2D eigenvalue weighted by Crippen LogP contribution is 2.39. The van der Waals surface area contributed by atoms with E-state index in [-0.39, 0.29) is 54.6 Å². The lowest BCUT2D eigenvalue weighted by molar-refractivity contribution is -0.258. The highest BCUT2D eigenvalue weighted by Gasteiger charge is 2.51. The summed E-state index contributed by atoms with van der Waals surface area (Å²) in [6.07, 6.45) is -9.36. The first-order chi connectivity index (χ1) is 18.5. The van der Waals surface area contributed by atoms with E-state index in [1.807, 2.05) is 0 Å². The maximum Gasteiger partial charge on any atom is 0.421 e. The summed E-state index contributed by atoms with van der Waals surface area (Å²) in [5, 5.41) is 12.5. The van der Waals surface area contributed by atoms with Crippen LogP contribution in [0.5, 0.6) is 0 Å². The normalized spacial score (nSPS) is 23.7. The van der Waals surface area contributed by atoms with Crippen molar-refractivity contribution in [2.45, 2.75) is 46.8 Å². The maximum absolute atomic E-state index is 13.5. The predicted molar refractivity (Wildman–Crippen MR) is 140 cm³/mol. The largest absolute Gasteiger partial charge is 0.421 e. The molecule has 7 nitrogen and oxygen atoms in total. The quantitative estimate of drug-likeness (QED) is 0.343. The number of rotatable bonds is 6. The molecule has 222 valence electrons. The summed E-state index contributed by atoms with van der Waals surface area (Å²) >= 11 is 4.27. The molecular formula is C25H30F6N4O3S2. The Labute approximate surface area is 234 Å². The summed E-state index contributed by atoms with van der Waals surface area (Å²) in [5.41, 5.74) is -2.99. The maximum atomic E-state index is 13.5. The Morgan fingerprint density at radius 1 is 0.975 bits per heavy atom. The summed E-state index contributed by atoms with van der Waals surface area (Å²) < 4.78 is 108. The van der Waals surface area contributed by atoms with Crippen LogP contribution in [0.15, 0.2) is 58.3 Å². The Morgan fingerprint density at radius 3 is 2.23 bits per heavy atom. The molecule has 0 radical (unpaired) electrons. The number of nitrogens with zero attached hydrogens (tertiary/aromatic N) is 3. The lowest BCUT2D eigenvalue weighted by Gasteiger charge is -2.45. The van der Waals surface area contributed by atoms with Crippen molar-refractivity contribution in [2.75, 3.05) is 50.7 Å². The van der Waals surface area contributed by atoms with Gasteiger partial charge in [-0.2, -0.15) is 30.6 Å². The molecule has 40 heavy (non-hydrogen) atoms. The summed E-state index contributed by atoms with van der Waals surface area (Å²) in [4.78, 5) is 3.65. The third-order valence-electron chi connectivity index (χ3n) is 7.37. The fourth-order valence-corrected chi connectivity index (χ4v) is 7.05. The van der Waals surface area contributed by atoms with E-state index in [0.29, 0.717) is 19.2 Å². The first-order valence-electron chi connectivity index (χ1n) is 12.5. The number of anilines is 1. The van der Waals surface area contributed by atoms with Crippen LogP contribution in [-0.2, 0) is 15.6 Å². The van der Waals surface area contributed by atoms with E-state index in [0.717, 1.165) is 12.1 Å². The number of thiol groups is 1. The summed E-state index contributed by atoms with van der Waals surface area (Å²) in [7, 11) is -3.99. The molecule has 0 unspecified atom stereocenters. The minimum absolute atomic E-state index is 0.00331. The van der Waals surface area contributed by atoms with E-state index in [1.54, 1.807) is 28.0 Å². The minimum atomic E-state index is -4.91. The number of aliphatic hydroxyl groups is 1. The average molecular weight is 613 g/mol. The Bertz CT molecular complexity index is 1290. The molecule has 0 aromatic heterocycles. The Kier molecular flexibility index (Phi) is 8.75. The van der Waals surface area contributed by atoms with Gasteiger partial charge in [-0.3, -0.25) is 4.90 Å². The van der Waals surface area contributed by atoms with Crippen molar-refractivity contribution in [3.8, 4) is 0 Å². The summed E-state index contributed by atoms with van der Waals surface area (Å²) in [6.45, 7) is 0.919. The molecule has 2 saturated heterocycles. The van der Waals surface area contributed by atoms with Gasteiger partial charge in [-0.05, 0) is 36.8 Å². The molecule has 2 aliphatic heterocycles. The van der Waals surface area contributed by atoms with Gasteiger partial charge in [0.1, 0.15) is 6.04 Å². The van der Waals surface area contributed by atoms with Crippen molar-refractivity contribution in [1.82, 2.24) is 14.5 Å². The first-order valence-corrected chi connectivity index (χ1v) is 14.4. The minimum Gasteiger partial charge on any atom is -0.376 e. The van der Waals surface area contributed by atoms with Crippen LogP contribution in [0.1, 0.15) is 12.5 Å². The fraction of sp³-hybridized carbons (Fsp3) is 0.520. The van der Waals surface area contributed by atoms with Gasteiger partial charge in [0.25, 0.3) is 0 Å². The smallest absolute Gasteiger partial charge is 0.376 e. The fourth-order valence-electron chi connectivity index (χ4n) is 4.99. The van der Waals surface area contributed by atoms with Gasteiger partial charge >= 0.3 is 12.4 Å². The highest BCUT2D eigenvalue weighted by molar-refractivity contribution is 7.90. The van der Waals surface area contributed by atoms with E-state index < -0.39 is 40.1 Å². The third kappa shape index (κ3) is 6.39. The molecule has 0 bridgehead atoms. The molecule has 0 spiro atoms. The number of nitrogens with one attached hydrogen (secondary N) is 1. The van der Waals surface area contributed by atoms with Gasteiger partial charge in [0.15, 0.2) is 5.60 Å². The number of alkyl halides is 6. The second-order valence-corrected chi connectivity index (χ2v) is 12.5. The van der Waals surface area contributed by atoms with E-state index in [9.17, 15) is 39.9 Å². The van der Waals surface area contributed by atoms with Crippen LogP contribution in [0, 0.1) is 0 Å². The molecule has 0 saturated carbocycles. The van der Waals surface area contributed by atoms with Crippen molar-refractivity contribution < 1.29 is 39.9 Å². The molecule has 2 aromatic carbocycles. The number of benzene rings is 2. The van der Waals surface area contributed by atoms with Crippen LogP contribution >= 0.6 is 12.6 Å². The first kappa shape index (κ1) is 30.9. The van der Waals surface area contributed by atoms with Crippen LogP contribution in [0.3, 0.4) is 0 Å². The number of piperazine rings is 2. The van der Waals surface area contributed by atoms with Gasteiger partial charge < -0.3 is 15.3 Å². The molecule has 2 aromatic rings. The molecule has 2 fully saturated rings. The highest BCUT2D eigenvalue weighted by atomic mass is 32.2. The monoisotopic (exact) mass is 612 g/mol. The lowest BCUT2D eigenvalue weighted by Crippen LogP contribution is -2.62. The topological polar surface area (TPSA) is 76.1 Å². The van der Waals surface area contributed by atoms with Crippen LogP contribution in [0.2, 0.25) is 0 Å². The van der Waals surface area contributed by atoms with Crippen molar-refractivity contribution in [1.29, 1.82) is 0 Å². The average Bonchev–Trinajstić information content (AvgIpc) is 2.88. The zero-order chi connectivity index (χ0) is 29.5. The molecule has 4 rings (SSSR count). The van der Waals surface area contributed by atoms with Crippen LogP contribution in [0.25, 0.3) is 0 Å². The van der Waals surface area contributed by atoms with Crippen molar-refractivity contribution in [2.24, 2.45) is 0 Å². The van der Waals surface area contributed by atoms with Crippen LogP contribution in [-0.4, -0.2) is 93.0 Å². The standard InChI is InChI=1S/C25H30F6N4O3S2/c1-23(36,25(29,30)31)17-6-8-18(9-7-17)35-13-12-34(40(37,38)21-5-3-2-4-20(21)39)15-19(35)14-33-11-10-32-22(16-33)24(26,27)28/h2-9,19,22,32,36,39H,10-16H2,1H3/t19-,22+,23+/m0/s1. The molecule has 2 N–H and O–H groups in total. The van der Waals surface area contributed by atoms with Crippen molar-refractivity contribution >= 4 is 28.3 Å². The second kappa shape index (κ2) is 11.3. The van der Waals surface area contributed by atoms with E-state index in [1.165, 1.54) is 22.5 Å². The lowest BCUT2D eigenvalue weighted by atomic mass is 9.95. The molecule has 15 heteroatoms.